The molecule has 3 N–H and O–H groups in total. The number of hydrogen-bond donors (Lipinski definition) is 2. The maximum Gasteiger partial charge on any atom is 0.307 e. The molecule has 5 nitrogen and oxygen atoms in total. The minimum atomic E-state index is -1.15. The van der Waals surface area contributed by atoms with Gasteiger partial charge in [0.05, 0.1) is 17.6 Å². The lowest BCUT2D eigenvalue weighted by atomic mass is 9.99. The van der Waals surface area contributed by atoms with E-state index in [1.165, 1.54) is 0 Å². The van der Waals surface area contributed by atoms with E-state index in [1.54, 1.807) is 0 Å². The highest BCUT2D eigenvalue weighted by atomic mass is 19.1. The summed E-state index contributed by atoms with van der Waals surface area (Å²) in [6, 6.07) is 1.18. The number of nitrogens with zero attached hydrogens (tertiary/aromatic N) is 1. The van der Waals surface area contributed by atoms with E-state index in [1.807, 2.05) is 0 Å². The second kappa shape index (κ2) is 4.95. The lowest BCUT2D eigenvalue weighted by Gasteiger charge is -2.12. The minimum absolute atomic E-state index is 0.0787. The van der Waals surface area contributed by atoms with Gasteiger partial charge < -0.3 is 10.8 Å². The van der Waals surface area contributed by atoms with Gasteiger partial charge in [-0.1, -0.05) is 0 Å². The second-order valence-electron chi connectivity index (χ2n) is 3.20. The fourth-order valence-electron chi connectivity index (χ4n) is 1.30. The smallest absolute Gasteiger partial charge is 0.307 e. The molecule has 1 aromatic carbocycles. The van der Waals surface area contributed by atoms with Gasteiger partial charge in [-0.25, -0.2) is 4.39 Å². The predicted octanol–water partition coefficient (Wildman–Crippen LogP) is 0.908. The van der Waals surface area contributed by atoms with Crippen LogP contribution in [0.15, 0.2) is 12.1 Å². The van der Waals surface area contributed by atoms with E-state index in [2.05, 4.69) is 0 Å². The molecule has 88 valence electrons. The van der Waals surface area contributed by atoms with Gasteiger partial charge in [-0.15, -0.1) is 0 Å². The van der Waals surface area contributed by atoms with Crippen LogP contribution in [-0.4, -0.2) is 23.2 Å². The van der Waals surface area contributed by atoms with Crippen LogP contribution in [0.4, 0.5) is 14.5 Å². The van der Waals surface area contributed by atoms with E-state index in [0.717, 1.165) is 0 Å². The van der Waals surface area contributed by atoms with Crippen molar-refractivity contribution in [2.24, 2.45) is 5.73 Å². The zero-order valence-corrected chi connectivity index (χ0v) is 8.19. The van der Waals surface area contributed by atoms with Crippen molar-refractivity contribution in [2.45, 2.75) is 5.92 Å². The van der Waals surface area contributed by atoms with Crippen LogP contribution >= 0.6 is 0 Å². The van der Waals surface area contributed by atoms with Crippen molar-refractivity contribution in [1.29, 1.82) is 0 Å². The van der Waals surface area contributed by atoms with Gasteiger partial charge in [-0.2, -0.15) is 4.39 Å². The standard InChI is InChI=1S/C9H10F2N2O3/c10-7-2-9(13(15)16)8(11)1-6(7)5(3-12)4-14/h1-2,5,14H,3-4,12H2. The average Bonchev–Trinajstić information content (AvgIpc) is 2.23. The molecule has 0 amide bonds. The zero-order chi connectivity index (χ0) is 12.3. The summed E-state index contributed by atoms with van der Waals surface area (Å²) in [6.07, 6.45) is 0. The van der Waals surface area contributed by atoms with Crippen LogP contribution in [0, 0.1) is 21.7 Å². The van der Waals surface area contributed by atoms with Crippen LogP contribution < -0.4 is 5.73 Å². The summed E-state index contributed by atoms with van der Waals surface area (Å²) < 4.78 is 26.6. The molecule has 1 atom stereocenters. The maximum absolute atomic E-state index is 13.4. The molecule has 0 aromatic heterocycles. The Hall–Kier alpha value is -1.60. The number of nitro benzene ring substituents is 1. The third kappa shape index (κ3) is 2.31. The highest BCUT2D eigenvalue weighted by Gasteiger charge is 2.22. The molecule has 16 heavy (non-hydrogen) atoms. The number of nitro groups is 1. The van der Waals surface area contributed by atoms with Crippen molar-refractivity contribution < 1.29 is 18.8 Å². The molecule has 0 aliphatic heterocycles. The number of benzene rings is 1. The first-order valence-corrected chi connectivity index (χ1v) is 4.45. The number of nitrogens with two attached hydrogens (primary N) is 1. The molecule has 0 spiro atoms. The fourth-order valence-corrected chi connectivity index (χ4v) is 1.30. The van der Waals surface area contributed by atoms with Gasteiger partial charge in [-0.3, -0.25) is 10.1 Å². The normalized spacial score (nSPS) is 12.5. The van der Waals surface area contributed by atoms with Crippen molar-refractivity contribution >= 4 is 5.69 Å². The van der Waals surface area contributed by atoms with Gasteiger partial charge in [0.1, 0.15) is 5.82 Å². The number of aliphatic hydroxyl groups is 1. The molecule has 1 rings (SSSR count). The lowest BCUT2D eigenvalue weighted by molar-refractivity contribution is -0.387. The third-order valence-corrected chi connectivity index (χ3v) is 2.21. The Morgan fingerprint density at radius 3 is 2.50 bits per heavy atom. The summed E-state index contributed by atoms with van der Waals surface area (Å²) in [7, 11) is 0. The fraction of sp³-hybridized carbons (Fsp3) is 0.333. The van der Waals surface area contributed by atoms with E-state index in [9.17, 15) is 18.9 Å². The largest absolute Gasteiger partial charge is 0.396 e. The lowest BCUT2D eigenvalue weighted by Crippen LogP contribution is -2.17. The van der Waals surface area contributed by atoms with Gasteiger partial charge >= 0.3 is 5.69 Å². The van der Waals surface area contributed by atoms with Crippen LogP contribution in [0.5, 0.6) is 0 Å². The highest BCUT2D eigenvalue weighted by Crippen LogP contribution is 2.25. The van der Waals surface area contributed by atoms with Crippen LogP contribution in [-0.2, 0) is 0 Å². The third-order valence-electron chi connectivity index (χ3n) is 2.21. The van der Waals surface area contributed by atoms with Gasteiger partial charge in [0, 0.05) is 12.5 Å². The molecule has 0 bridgehead atoms. The maximum atomic E-state index is 13.4. The molecule has 0 aliphatic rings. The molecule has 0 saturated carbocycles. The van der Waals surface area contributed by atoms with Crippen LogP contribution in [0.1, 0.15) is 11.5 Å². The van der Waals surface area contributed by atoms with Crippen molar-refractivity contribution in [1.82, 2.24) is 0 Å². The average molecular weight is 232 g/mol. The number of rotatable bonds is 4. The Balaban J connectivity index is 3.24. The number of hydrogen-bond acceptors (Lipinski definition) is 4. The van der Waals surface area contributed by atoms with E-state index in [4.69, 9.17) is 10.8 Å². The SMILES string of the molecule is NCC(CO)c1cc(F)c([N+](=O)[O-])cc1F. The topological polar surface area (TPSA) is 89.4 Å². The van der Waals surface area contributed by atoms with Crippen molar-refractivity contribution in [3.8, 4) is 0 Å². The number of halogens is 2. The minimum Gasteiger partial charge on any atom is -0.396 e. The van der Waals surface area contributed by atoms with Gasteiger partial charge in [0.2, 0.25) is 5.82 Å². The Morgan fingerprint density at radius 1 is 1.44 bits per heavy atom. The summed E-state index contributed by atoms with van der Waals surface area (Å²) in [5, 5.41) is 19.2. The molecule has 1 aromatic rings. The summed E-state index contributed by atoms with van der Waals surface area (Å²) >= 11 is 0. The summed E-state index contributed by atoms with van der Waals surface area (Å²) in [5.41, 5.74) is 4.15. The molecule has 0 radical (unpaired) electrons. The van der Waals surface area contributed by atoms with E-state index >= 15 is 0 Å². The molecule has 1 unspecified atom stereocenters. The van der Waals surface area contributed by atoms with Gasteiger partial charge in [0.15, 0.2) is 0 Å². The molecule has 0 fully saturated rings. The molecular weight excluding hydrogens is 222 g/mol. The van der Waals surface area contributed by atoms with Gasteiger partial charge in [-0.05, 0) is 11.6 Å². The predicted molar refractivity (Wildman–Crippen MR) is 51.9 cm³/mol. The molecule has 0 heterocycles. The Bertz CT molecular complexity index is 408. The number of aliphatic hydroxyl groups excluding tert-OH is 1. The first-order chi connectivity index (χ1) is 7.51. The summed E-state index contributed by atoms with van der Waals surface area (Å²) in [6.45, 7) is -0.532. The van der Waals surface area contributed by atoms with Gasteiger partial charge in [0.25, 0.3) is 0 Å². The molecule has 0 aliphatic carbocycles. The van der Waals surface area contributed by atoms with Crippen molar-refractivity contribution in [2.75, 3.05) is 13.2 Å². The summed E-state index contributed by atoms with van der Waals surface area (Å²) in [4.78, 5) is 9.30. The Labute approximate surface area is 89.6 Å². The molecule has 7 heteroatoms. The molecule has 0 saturated heterocycles. The molecular formula is C9H10F2N2O3. The van der Waals surface area contributed by atoms with Crippen LogP contribution in [0.3, 0.4) is 0 Å². The highest BCUT2D eigenvalue weighted by molar-refractivity contribution is 5.37. The monoisotopic (exact) mass is 232 g/mol. The van der Waals surface area contributed by atoms with Crippen molar-refractivity contribution in [3.63, 3.8) is 0 Å². The summed E-state index contributed by atoms with van der Waals surface area (Å²) in [5.74, 6) is -2.86. The second-order valence-corrected chi connectivity index (χ2v) is 3.20. The van der Waals surface area contributed by atoms with Crippen LogP contribution in [0.25, 0.3) is 0 Å². The Kier molecular flexibility index (Phi) is 3.86. The van der Waals surface area contributed by atoms with Crippen LogP contribution in [0.2, 0.25) is 0 Å². The zero-order valence-electron chi connectivity index (χ0n) is 8.19. The first-order valence-electron chi connectivity index (χ1n) is 4.45. The van der Waals surface area contributed by atoms with E-state index in [0.29, 0.717) is 12.1 Å². The quantitative estimate of drug-likeness (QED) is 0.596. The first kappa shape index (κ1) is 12.5. The van der Waals surface area contributed by atoms with E-state index in [-0.39, 0.29) is 12.1 Å². The van der Waals surface area contributed by atoms with Crippen molar-refractivity contribution in [3.05, 3.63) is 39.4 Å². The van der Waals surface area contributed by atoms with E-state index < -0.39 is 34.8 Å². The Morgan fingerprint density at radius 2 is 2.06 bits per heavy atom.